The van der Waals surface area contributed by atoms with E-state index in [4.69, 9.17) is 4.74 Å². The van der Waals surface area contributed by atoms with Crippen molar-refractivity contribution < 1.29 is 9.53 Å². The number of ether oxygens (including phenoxy) is 1. The molecule has 0 unspecified atom stereocenters. The van der Waals surface area contributed by atoms with E-state index in [1.807, 2.05) is 6.92 Å². The molecule has 2 aliphatic heterocycles. The first kappa shape index (κ1) is 16.7. The molecule has 0 aromatic rings. The fourth-order valence-corrected chi connectivity index (χ4v) is 3.48. The first-order valence-corrected chi connectivity index (χ1v) is 8.47. The van der Waals surface area contributed by atoms with Gasteiger partial charge in [0.15, 0.2) is 0 Å². The van der Waals surface area contributed by atoms with E-state index in [0.29, 0.717) is 19.2 Å². The number of amides is 1. The summed E-state index contributed by atoms with van der Waals surface area (Å²) in [6, 6.07) is 0.642. The van der Waals surface area contributed by atoms with Crippen molar-refractivity contribution in [3.05, 3.63) is 0 Å². The highest BCUT2D eigenvalue weighted by Gasteiger charge is 2.31. The van der Waals surface area contributed by atoms with Gasteiger partial charge < -0.3 is 10.1 Å². The second-order valence-electron chi connectivity index (χ2n) is 6.35. The van der Waals surface area contributed by atoms with E-state index in [1.54, 1.807) is 7.11 Å². The van der Waals surface area contributed by atoms with E-state index in [1.165, 1.54) is 38.8 Å². The van der Waals surface area contributed by atoms with Crippen LogP contribution in [0.25, 0.3) is 0 Å². The number of likely N-dealkylation sites (tertiary alicyclic amines) is 2. The predicted octanol–water partition coefficient (Wildman–Crippen LogP) is 1.09. The van der Waals surface area contributed by atoms with Crippen LogP contribution in [0.15, 0.2) is 0 Å². The minimum Gasteiger partial charge on any atom is -0.385 e. The Bertz CT molecular complexity index is 319. The Balaban J connectivity index is 1.75. The molecule has 0 aliphatic carbocycles. The van der Waals surface area contributed by atoms with Crippen molar-refractivity contribution in [2.24, 2.45) is 0 Å². The van der Waals surface area contributed by atoms with Crippen LogP contribution in [0.4, 0.5) is 0 Å². The molecule has 1 amide bonds. The van der Waals surface area contributed by atoms with Crippen LogP contribution in [0.2, 0.25) is 0 Å². The van der Waals surface area contributed by atoms with Crippen molar-refractivity contribution in [1.82, 2.24) is 15.1 Å². The molecule has 21 heavy (non-hydrogen) atoms. The minimum atomic E-state index is -0.0158. The van der Waals surface area contributed by atoms with E-state index in [-0.39, 0.29) is 11.9 Å². The Morgan fingerprint density at radius 1 is 1.29 bits per heavy atom. The summed E-state index contributed by atoms with van der Waals surface area (Å²) < 4.78 is 5.00. The SMILES string of the molecule is COCCCNC(=O)[C@@H](C)N1CCC[C@H](N2CCCC2)C1. The summed E-state index contributed by atoms with van der Waals surface area (Å²) in [5, 5.41) is 3.02. The van der Waals surface area contributed by atoms with Crippen LogP contribution in [0, 0.1) is 0 Å². The van der Waals surface area contributed by atoms with Crippen LogP contribution in [0.3, 0.4) is 0 Å². The molecule has 2 atom stereocenters. The lowest BCUT2D eigenvalue weighted by Crippen LogP contribution is -2.53. The molecular weight excluding hydrogens is 266 g/mol. The van der Waals surface area contributed by atoms with Crippen LogP contribution < -0.4 is 5.32 Å². The highest BCUT2D eigenvalue weighted by atomic mass is 16.5. The van der Waals surface area contributed by atoms with Gasteiger partial charge in [-0.1, -0.05) is 0 Å². The van der Waals surface area contributed by atoms with E-state index in [9.17, 15) is 4.79 Å². The van der Waals surface area contributed by atoms with Gasteiger partial charge >= 0.3 is 0 Å². The van der Waals surface area contributed by atoms with Crippen LogP contribution in [0.5, 0.6) is 0 Å². The van der Waals surface area contributed by atoms with Crippen molar-refractivity contribution in [2.45, 2.75) is 51.1 Å². The number of carbonyl (C=O) groups excluding carboxylic acids is 1. The molecule has 2 heterocycles. The molecule has 0 spiro atoms. The first-order valence-electron chi connectivity index (χ1n) is 8.47. The average molecular weight is 297 g/mol. The number of nitrogens with zero attached hydrogens (tertiary/aromatic N) is 2. The van der Waals surface area contributed by atoms with E-state index < -0.39 is 0 Å². The van der Waals surface area contributed by atoms with Gasteiger partial charge in [-0.2, -0.15) is 0 Å². The maximum Gasteiger partial charge on any atom is 0.237 e. The molecule has 0 radical (unpaired) electrons. The lowest BCUT2D eigenvalue weighted by atomic mass is 10.0. The van der Waals surface area contributed by atoms with Gasteiger partial charge in [0.1, 0.15) is 0 Å². The van der Waals surface area contributed by atoms with Gasteiger partial charge in [0.2, 0.25) is 5.91 Å². The molecule has 2 fully saturated rings. The summed E-state index contributed by atoms with van der Waals surface area (Å²) in [7, 11) is 1.69. The molecule has 0 bridgehead atoms. The van der Waals surface area contributed by atoms with Gasteiger partial charge in [-0.25, -0.2) is 0 Å². The molecule has 122 valence electrons. The largest absolute Gasteiger partial charge is 0.385 e. The molecule has 2 rings (SSSR count). The summed E-state index contributed by atoms with van der Waals surface area (Å²) in [5.41, 5.74) is 0. The topological polar surface area (TPSA) is 44.8 Å². The Morgan fingerprint density at radius 2 is 2.05 bits per heavy atom. The highest BCUT2D eigenvalue weighted by molar-refractivity contribution is 5.81. The van der Waals surface area contributed by atoms with Crippen molar-refractivity contribution in [3.8, 4) is 0 Å². The van der Waals surface area contributed by atoms with Gasteiger partial charge in [-0.15, -0.1) is 0 Å². The monoisotopic (exact) mass is 297 g/mol. The van der Waals surface area contributed by atoms with Gasteiger partial charge in [-0.3, -0.25) is 14.6 Å². The van der Waals surface area contributed by atoms with Crippen molar-refractivity contribution in [3.63, 3.8) is 0 Å². The third-order valence-electron chi connectivity index (χ3n) is 4.84. The van der Waals surface area contributed by atoms with E-state index >= 15 is 0 Å². The number of piperidine rings is 1. The van der Waals surface area contributed by atoms with Crippen molar-refractivity contribution in [2.75, 3.05) is 46.4 Å². The van der Waals surface area contributed by atoms with Gasteiger partial charge in [0, 0.05) is 32.8 Å². The van der Waals surface area contributed by atoms with Crippen molar-refractivity contribution >= 4 is 5.91 Å². The van der Waals surface area contributed by atoms with Crippen LogP contribution in [-0.4, -0.2) is 74.2 Å². The Morgan fingerprint density at radius 3 is 2.76 bits per heavy atom. The molecule has 1 N–H and O–H groups in total. The molecule has 0 aromatic carbocycles. The molecule has 2 saturated heterocycles. The van der Waals surface area contributed by atoms with Gasteiger partial charge in [0.25, 0.3) is 0 Å². The predicted molar refractivity (Wildman–Crippen MR) is 84.4 cm³/mol. The molecule has 5 nitrogen and oxygen atoms in total. The highest BCUT2D eigenvalue weighted by Crippen LogP contribution is 2.21. The van der Waals surface area contributed by atoms with Gasteiger partial charge in [-0.05, 0) is 58.7 Å². The molecule has 0 aromatic heterocycles. The van der Waals surface area contributed by atoms with Crippen LogP contribution >= 0.6 is 0 Å². The number of carbonyl (C=O) groups is 1. The quantitative estimate of drug-likeness (QED) is 0.715. The third kappa shape index (κ3) is 4.94. The zero-order chi connectivity index (χ0) is 15.1. The first-order chi connectivity index (χ1) is 10.2. The lowest BCUT2D eigenvalue weighted by Gasteiger charge is -2.39. The van der Waals surface area contributed by atoms with E-state index in [2.05, 4.69) is 15.1 Å². The fraction of sp³-hybridized carbons (Fsp3) is 0.938. The zero-order valence-electron chi connectivity index (χ0n) is 13.6. The molecule has 0 saturated carbocycles. The van der Waals surface area contributed by atoms with Gasteiger partial charge in [0.05, 0.1) is 6.04 Å². The second-order valence-corrected chi connectivity index (χ2v) is 6.35. The van der Waals surface area contributed by atoms with Crippen LogP contribution in [0.1, 0.15) is 39.0 Å². The summed E-state index contributed by atoms with van der Waals surface area (Å²) in [5.74, 6) is 0.160. The lowest BCUT2D eigenvalue weighted by molar-refractivity contribution is -0.126. The normalized spacial score (nSPS) is 25.9. The summed E-state index contributed by atoms with van der Waals surface area (Å²) in [6.07, 6.45) is 6.06. The number of hydrogen-bond donors (Lipinski definition) is 1. The average Bonchev–Trinajstić information content (AvgIpc) is 3.05. The number of nitrogens with one attached hydrogen (secondary N) is 1. The molecule has 2 aliphatic rings. The second kappa shape index (κ2) is 8.71. The standard InChI is InChI=1S/C16H31N3O2/c1-14(16(20)17-8-6-12-21-2)19-11-5-7-15(13-19)18-9-3-4-10-18/h14-15H,3-13H2,1-2H3,(H,17,20)/t14-,15+/m1/s1. The Kier molecular flexibility index (Phi) is 6.93. The summed E-state index contributed by atoms with van der Waals surface area (Å²) in [6.45, 7) is 8.05. The fourth-order valence-electron chi connectivity index (χ4n) is 3.48. The maximum atomic E-state index is 12.2. The van der Waals surface area contributed by atoms with Crippen LogP contribution in [-0.2, 0) is 9.53 Å². The molecular formula is C16H31N3O2. The maximum absolute atomic E-state index is 12.2. The Hall–Kier alpha value is -0.650. The Labute approximate surface area is 129 Å². The minimum absolute atomic E-state index is 0.0158. The molecule has 5 heteroatoms. The third-order valence-corrected chi connectivity index (χ3v) is 4.84. The smallest absolute Gasteiger partial charge is 0.237 e. The summed E-state index contributed by atoms with van der Waals surface area (Å²) >= 11 is 0. The van der Waals surface area contributed by atoms with E-state index in [0.717, 1.165) is 19.5 Å². The zero-order valence-corrected chi connectivity index (χ0v) is 13.6. The number of rotatable bonds is 7. The van der Waals surface area contributed by atoms with Crippen molar-refractivity contribution in [1.29, 1.82) is 0 Å². The number of methoxy groups -OCH3 is 1. The summed E-state index contributed by atoms with van der Waals surface area (Å²) in [4.78, 5) is 17.2. The number of hydrogen-bond acceptors (Lipinski definition) is 4.